The first-order valence-electron chi connectivity index (χ1n) is 7.00. The molecule has 1 N–H and O–H groups in total. The zero-order chi connectivity index (χ0) is 16.1. The second kappa shape index (κ2) is 6.98. The number of anilines is 2. The van der Waals surface area contributed by atoms with Gasteiger partial charge in [-0.15, -0.1) is 0 Å². The number of hydrogen-bond donors (Lipinski definition) is 1. The van der Waals surface area contributed by atoms with Crippen LogP contribution in [-0.2, 0) is 6.54 Å². The fraction of sp³-hybridized carbons (Fsp3) is 0.0588. The maximum Gasteiger partial charge on any atom is 0.327 e. The lowest BCUT2D eigenvalue weighted by atomic mass is 10.3. The lowest BCUT2D eigenvalue weighted by Crippen LogP contribution is -2.35. The Hall–Kier alpha value is -2.79. The third-order valence-electron chi connectivity index (χ3n) is 3.14. The van der Waals surface area contributed by atoms with Gasteiger partial charge < -0.3 is 9.73 Å². The van der Waals surface area contributed by atoms with E-state index < -0.39 is 0 Å². The average molecular weight is 328 g/mol. The highest BCUT2D eigenvalue weighted by atomic mass is 35.5. The molecule has 0 spiro atoms. The van der Waals surface area contributed by atoms with E-state index in [0.717, 1.165) is 0 Å². The lowest BCUT2D eigenvalue weighted by molar-refractivity contribution is 0.256. The first kappa shape index (κ1) is 15.1. The molecule has 2 heterocycles. The molecule has 23 heavy (non-hydrogen) atoms. The van der Waals surface area contributed by atoms with Gasteiger partial charge in [-0.2, -0.15) is 0 Å². The number of amides is 2. The Bertz CT molecular complexity index is 776. The molecule has 0 aliphatic heterocycles. The minimum atomic E-state index is -0.317. The van der Waals surface area contributed by atoms with Gasteiger partial charge in [0.2, 0.25) is 0 Å². The summed E-state index contributed by atoms with van der Waals surface area (Å²) in [6, 6.07) is 15.6. The van der Waals surface area contributed by atoms with Crippen molar-refractivity contribution in [2.24, 2.45) is 0 Å². The Morgan fingerprint density at radius 3 is 2.78 bits per heavy atom. The molecule has 5 nitrogen and oxygen atoms in total. The molecular weight excluding hydrogens is 314 g/mol. The Labute approximate surface area is 138 Å². The molecule has 2 amide bonds. The van der Waals surface area contributed by atoms with Crippen molar-refractivity contribution < 1.29 is 9.21 Å². The summed E-state index contributed by atoms with van der Waals surface area (Å²) < 4.78 is 5.33. The molecule has 3 aromatic rings. The number of aromatic nitrogens is 1. The molecule has 0 fully saturated rings. The largest absolute Gasteiger partial charge is 0.467 e. The van der Waals surface area contributed by atoms with E-state index in [0.29, 0.717) is 22.3 Å². The van der Waals surface area contributed by atoms with Crippen molar-refractivity contribution in [3.63, 3.8) is 0 Å². The summed E-state index contributed by atoms with van der Waals surface area (Å²) in [7, 11) is 0. The third-order valence-corrected chi connectivity index (χ3v) is 3.38. The van der Waals surface area contributed by atoms with Crippen LogP contribution in [0.25, 0.3) is 0 Å². The van der Waals surface area contributed by atoms with Crippen LogP contribution in [-0.4, -0.2) is 11.0 Å². The number of pyridine rings is 1. The van der Waals surface area contributed by atoms with E-state index >= 15 is 0 Å². The van der Waals surface area contributed by atoms with Crippen molar-refractivity contribution in [2.75, 3.05) is 10.2 Å². The number of carbonyl (C=O) groups excluding carboxylic acids is 1. The zero-order valence-corrected chi connectivity index (χ0v) is 12.9. The van der Waals surface area contributed by atoms with Gasteiger partial charge >= 0.3 is 6.03 Å². The van der Waals surface area contributed by atoms with Gasteiger partial charge in [0.05, 0.1) is 12.8 Å². The molecule has 2 aromatic heterocycles. The molecule has 1 aromatic carbocycles. The predicted octanol–water partition coefficient (Wildman–Crippen LogP) is 4.57. The van der Waals surface area contributed by atoms with E-state index in [1.54, 1.807) is 54.9 Å². The van der Waals surface area contributed by atoms with Crippen LogP contribution in [0.5, 0.6) is 0 Å². The fourth-order valence-electron chi connectivity index (χ4n) is 2.09. The number of urea groups is 1. The maximum atomic E-state index is 12.6. The molecule has 0 unspecified atom stereocenters. The number of halogens is 1. The monoisotopic (exact) mass is 327 g/mol. The van der Waals surface area contributed by atoms with Gasteiger partial charge in [0, 0.05) is 16.9 Å². The average Bonchev–Trinajstić information content (AvgIpc) is 3.06. The second-order valence-electron chi connectivity index (χ2n) is 4.79. The normalized spacial score (nSPS) is 10.3. The maximum absolute atomic E-state index is 12.6. The van der Waals surface area contributed by atoms with E-state index in [1.807, 2.05) is 12.1 Å². The lowest BCUT2D eigenvalue weighted by Gasteiger charge is -2.21. The standard InChI is InChI=1S/C17H14ClN3O2/c18-13-5-3-6-14(11-13)20-17(22)21(12-15-7-4-10-23-15)16-8-1-2-9-19-16/h1-11H,12H2,(H,20,22). The molecule has 0 saturated heterocycles. The quantitative estimate of drug-likeness (QED) is 0.763. The molecule has 0 atom stereocenters. The first-order chi connectivity index (χ1) is 11.2. The second-order valence-corrected chi connectivity index (χ2v) is 5.23. The van der Waals surface area contributed by atoms with Crippen LogP contribution >= 0.6 is 11.6 Å². The topological polar surface area (TPSA) is 58.4 Å². The summed E-state index contributed by atoms with van der Waals surface area (Å²) in [6.07, 6.45) is 3.21. The Morgan fingerprint density at radius 1 is 1.17 bits per heavy atom. The number of furan rings is 1. The van der Waals surface area contributed by atoms with E-state index in [-0.39, 0.29) is 12.6 Å². The van der Waals surface area contributed by atoms with Crippen LogP contribution in [0, 0.1) is 0 Å². The van der Waals surface area contributed by atoms with E-state index in [1.165, 1.54) is 4.90 Å². The Balaban J connectivity index is 1.83. The minimum Gasteiger partial charge on any atom is -0.467 e. The number of nitrogens with zero attached hydrogens (tertiary/aromatic N) is 2. The number of carbonyl (C=O) groups is 1. The summed E-state index contributed by atoms with van der Waals surface area (Å²) in [4.78, 5) is 18.4. The Kier molecular flexibility index (Phi) is 4.59. The molecule has 0 radical (unpaired) electrons. The SMILES string of the molecule is O=C(Nc1cccc(Cl)c1)N(Cc1ccco1)c1ccccn1. The van der Waals surface area contributed by atoms with E-state index in [2.05, 4.69) is 10.3 Å². The van der Waals surface area contributed by atoms with Crippen molar-refractivity contribution in [3.05, 3.63) is 77.8 Å². The van der Waals surface area contributed by atoms with Crippen LogP contribution in [0.15, 0.2) is 71.5 Å². The molecular formula is C17H14ClN3O2. The van der Waals surface area contributed by atoms with Gasteiger partial charge in [0.1, 0.15) is 11.6 Å². The summed E-state index contributed by atoms with van der Waals surface area (Å²) in [5.41, 5.74) is 0.614. The zero-order valence-electron chi connectivity index (χ0n) is 12.1. The molecule has 3 rings (SSSR count). The van der Waals surface area contributed by atoms with E-state index in [9.17, 15) is 4.79 Å². The molecule has 0 aliphatic rings. The van der Waals surface area contributed by atoms with Crippen LogP contribution < -0.4 is 10.2 Å². The molecule has 6 heteroatoms. The number of rotatable bonds is 4. The smallest absolute Gasteiger partial charge is 0.327 e. The summed E-state index contributed by atoms with van der Waals surface area (Å²) >= 11 is 5.95. The van der Waals surface area contributed by atoms with Crippen LogP contribution in [0.4, 0.5) is 16.3 Å². The van der Waals surface area contributed by atoms with Crippen molar-refractivity contribution in [1.82, 2.24) is 4.98 Å². The van der Waals surface area contributed by atoms with Crippen molar-refractivity contribution in [2.45, 2.75) is 6.54 Å². The number of nitrogens with one attached hydrogen (secondary N) is 1. The molecule has 0 bridgehead atoms. The Morgan fingerprint density at radius 2 is 2.09 bits per heavy atom. The van der Waals surface area contributed by atoms with Gasteiger partial charge in [0.15, 0.2) is 0 Å². The van der Waals surface area contributed by atoms with Crippen molar-refractivity contribution in [1.29, 1.82) is 0 Å². The van der Waals surface area contributed by atoms with Crippen molar-refractivity contribution >= 4 is 29.1 Å². The highest BCUT2D eigenvalue weighted by molar-refractivity contribution is 6.30. The van der Waals surface area contributed by atoms with Gasteiger partial charge in [-0.25, -0.2) is 9.78 Å². The van der Waals surface area contributed by atoms with Crippen LogP contribution in [0.3, 0.4) is 0 Å². The highest BCUT2D eigenvalue weighted by Gasteiger charge is 2.18. The van der Waals surface area contributed by atoms with Gasteiger partial charge in [0.25, 0.3) is 0 Å². The number of hydrogen-bond acceptors (Lipinski definition) is 3. The van der Waals surface area contributed by atoms with Gasteiger partial charge in [-0.05, 0) is 42.5 Å². The van der Waals surface area contributed by atoms with E-state index in [4.69, 9.17) is 16.0 Å². The molecule has 0 saturated carbocycles. The fourth-order valence-corrected chi connectivity index (χ4v) is 2.28. The predicted molar refractivity (Wildman–Crippen MR) is 89.6 cm³/mol. The third kappa shape index (κ3) is 3.90. The first-order valence-corrected chi connectivity index (χ1v) is 7.38. The summed E-state index contributed by atoms with van der Waals surface area (Å²) in [5.74, 6) is 1.19. The minimum absolute atomic E-state index is 0.274. The molecule has 0 aliphatic carbocycles. The number of benzene rings is 1. The molecule has 116 valence electrons. The highest BCUT2D eigenvalue weighted by Crippen LogP contribution is 2.19. The summed E-state index contributed by atoms with van der Waals surface area (Å²) in [6.45, 7) is 0.274. The van der Waals surface area contributed by atoms with Crippen LogP contribution in [0.2, 0.25) is 5.02 Å². The van der Waals surface area contributed by atoms with Crippen molar-refractivity contribution in [3.8, 4) is 0 Å². The van der Waals surface area contributed by atoms with Crippen LogP contribution in [0.1, 0.15) is 5.76 Å². The van der Waals surface area contributed by atoms with Gasteiger partial charge in [-0.1, -0.05) is 23.7 Å². The van der Waals surface area contributed by atoms with Gasteiger partial charge in [-0.3, -0.25) is 4.90 Å². The summed E-state index contributed by atoms with van der Waals surface area (Å²) in [5, 5.41) is 3.37.